The van der Waals surface area contributed by atoms with E-state index < -0.39 is 0 Å². The number of halogens is 1. The Bertz CT molecular complexity index is 648. The first kappa shape index (κ1) is 15.8. The van der Waals surface area contributed by atoms with Gasteiger partial charge in [-0.3, -0.25) is 0 Å². The molecule has 3 nitrogen and oxygen atoms in total. The average molecular weight is 306 g/mol. The number of aliphatic hydroxyl groups excluding tert-OH is 1. The summed E-state index contributed by atoms with van der Waals surface area (Å²) in [5.74, 6) is 1.08. The number of nitrogens with zero attached hydrogens (tertiary/aromatic N) is 1. The topological polar surface area (TPSA) is 42.4 Å². The van der Waals surface area contributed by atoms with Gasteiger partial charge in [0.05, 0.1) is 6.61 Å². The van der Waals surface area contributed by atoms with E-state index in [-0.39, 0.29) is 12.0 Å². The highest BCUT2D eigenvalue weighted by Gasteiger charge is 2.15. The zero-order valence-electron chi connectivity index (χ0n) is 12.8. The highest BCUT2D eigenvalue weighted by molar-refractivity contribution is 6.31. The Labute approximate surface area is 130 Å². The van der Waals surface area contributed by atoms with E-state index >= 15 is 0 Å². The van der Waals surface area contributed by atoms with Crippen LogP contribution in [0, 0.1) is 6.92 Å². The highest BCUT2D eigenvalue weighted by atomic mass is 35.5. The molecule has 0 aliphatic heterocycles. The summed E-state index contributed by atoms with van der Waals surface area (Å²) in [6.07, 6.45) is 1.56. The van der Waals surface area contributed by atoms with Gasteiger partial charge in [0.1, 0.15) is 10.8 Å². The molecule has 0 saturated carbocycles. The quantitative estimate of drug-likeness (QED) is 0.899. The summed E-state index contributed by atoms with van der Waals surface area (Å²) in [7, 11) is 0. The van der Waals surface area contributed by atoms with Gasteiger partial charge in [-0.15, -0.1) is 0 Å². The van der Waals surface area contributed by atoms with Crippen LogP contribution in [0.15, 0.2) is 30.5 Å². The molecular formula is C17H20ClNO2. The van der Waals surface area contributed by atoms with Crippen molar-refractivity contribution < 1.29 is 9.84 Å². The van der Waals surface area contributed by atoms with Gasteiger partial charge in [-0.05, 0) is 41.2 Å². The maximum atomic E-state index is 9.05. The molecule has 0 unspecified atom stereocenters. The molecule has 1 heterocycles. The standard InChI is InChI=1S/C17H20ClNO2/c1-11-7-13(17(2,3)4)5-6-15(11)21-16-14(18)8-12(10-20)9-19-16/h5-9,20H,10H2,1-4H3. The van der Waals surface area contributed by atoms with E-state index in [1.807, 2.05) is 13.0 Å². The average Bonchev–Trinajstić information content (AvgIpc) is 2.41. The van der Waals surface area contributed by atoms with Crippen LogP contribution >= 0.6 is 11.6 Å². The van der Waals surface area contributed by atoms with E-state index in [1.54, 1.807) is 12.3 Å². The summed E-state index contributed by atoms with van der Waals surface area (Å²) < 4.78 is 5.78. The van der Waals surface area contributed by atoms with Crippen molar-refractivity contribution in [3.05, 3.63) is 52.2 Å². The summed E-state index contributed by atoms with van der Waals surface area (Å²) in [5.41, 5.74) is 3.04. The Hall–Kier alpha value is -1.58. The highest BCUT2D eigenvalue weighted by Crippen LogP contribution is 2.32. The molecule has 0 spiro atoms. The lowest BCUT2D eigenvalue weighted by Crippen LogP contribution is -2.11. The predicted molar refractivity (Wildman–Crippen MR) is 85.1 cm³/mol. The van der Waals surface area contributed by atoms with Crippen molar-refractivity contribution in [2.75, 3.05) is 0 Å². The molecule has 0 amide bonds. The number of aliphatic hydroxyl groups is 1. The van der Waals surface area contributed by atoms with Crippen molar-refractivity contribution in [1.29, 1.82) is 0 Å². The number of pyridine rings is 1. The van der Waals surface area contributed by atoms with Gasteiger partial charge in [0.15, 0.2) is 0 Å². The van der Waals surface area contributed by atoms with Crippen LogP contribution in [0.3, 0.4) is 0 Å². The molecule has 0 fully saturated rings. The smallest absolute Gasteiger partial charge is 0.238 e. The third-order valence-corrected chi connectivity index (χ3v) is 3.56. The van der Waals surface area contributed by atoms with Crippen LogP contribution in [0.4, 0.5) is 0 Å². The van der Waals surface area contributed by atoms with E-state index in [1.165, 1.54) is 5.56 Å². The molecule has 21 heavy (non-hydrogen) atoms. The third kappa shape index (κ3) is 3.74. The molecule has 0 aliphatic rings. The number of rotatable bonds is 3. The number of ether oxygens (including phenoxy) is 1. The van der Waals surface area contributed by atoms with E-state index in [9.17, 15) is 0 Å². The van der Waals surface area contributed by atoms with Crippen LogP contribution in [-0.4, -0.2) is 10.1 Å². The maximum absolute atomic E-state index is 9.05. The Morgan fingerprint density at radius 3 is 2.48 bits per heavy atom. The molecule has 0 radical (unpaired) electrons. The Balaban J connectivity index is 2.28. The molecule has 2 aromatic rings. The van der Waals surface area contributed by atoms with Gasteiger partial charge in [0, 0.05) is 6.20 Å². The van der Waals surface area contributed by atoms with Crippen LogP contribution in [-0.2, 0) is 12.0 Å². The molecule has 1 N–H and O–H groups in total. The summed E-state index contributed by atoms with van der Waals surface area (Å²) in [5, 5.41) is 9.44. The van der Waals surface area contributed by atoms with Crippen LogP contribution in [0.25, 0.3) is 0 Å². The third-order valence-electron chi connectivity index (χ3n) is 3.29. The Kier molecular flexibility index (Phi) is 4.55. The van der Waals surface area contributed by atoms with Gasteiger partial charge in [-0.1, -0.05) is 44.5 Å². The van der Waals surface area contributed by atoms with Crippen molar-refractivity contribution in [3.8, 4) is 11.6 Å². The number of hydrogen-bond donors (Lipinski definition) is 1. The van der Waals surface area contributed by atoms with Gasteiger partial charge in [-0.2, -0.15) is 0 Å². The van der Waals surface area contributed by atoms with Crippen LogP contribution < -0.4 is 4.74 Å². The minimum atomic E-state index is -0.0910. The fourth-order valence-corrected chi connectivity index (χ4v) is 2.19. The van der Waals surface area contributed by atoms with Crippen LogP contribution in [0.1, 0.15) is 37.5 Å². The van der Waals surface area contributed by atoms with Crippen LogP contribution in [0.5, 0.6) is 11.6 Å². The SMILES string of the molecule is Cc1cc(C(C)(C)C)ccc1Oc1ncc(CO)cc1Cl. The second kappa shape index (κ2) is 6.04. The van der Waals surface area contributed by atoms with Crippen molar-refractivity contribution in [1.82, 2.24) is 4.98 Å². The van der Waals surface area contributed by atoms with E-state index in [0.29, 0.717) is 16.5 Å². The number of aryl methyl sites for hydroxylation is 1. The van der Waals surface area contributed by atoms with Gasteiger partial charge >= 0.3 is 0 Å². The Morgan fingerprint density at radius 2 is 1.95 bits per heavy atom. The first-order valence-electron chi connectivity index (χ1n) is 6.85. The summed E-state index contributed by atoms with van der Waals surface area (Å²) in [4.78, 5) is 4.14. The van der Waals surface area contributed by atoms with E-state index in [4.69, 9.17) is 21.4 Å². The molecule has 112 valence electrons. The van der Waals surface area contributed by atoms with Gasteiger partial charge in [0.2, 0.25) is 5.88 Å². The van der Waals surface area contributed by atoms with E-state index in [0.717, 1.165) is 11.3 Å². The molecule has 0 saturated heterocycles. The molecule has 1 aromatic heterocycles. The van der Waals surface area contributed by atoms with Gasteiger partial charge in [-0.25, -0.2) is 4.98 Å². The van der Waals surface area contributed by atoms with Crippen LogP contribution in [0.2, 0.25) is 5.02 Å². The van der Waals surface area contributed by atoms with Gasteiger partial charge in [0.25, 0.3) is 0 Å². The summed E-state index contributed by atoms with van der Waals surface area (Å²) in [6.45, 7) is 8.43. The monoisotopic (exact) mass is 305 g/mol. The van der Waals surface area contributed by atoms with Crippen molar-refractivity contribution in [2.45, 2.75) is 39.7 Å². The second-order valence-electron chi connectivity index (χ2n) is 6.12. The number of benzene rings is 1. The molecule has 0 atom stereocenters. The first-order chi connectivity index (χ1) is 9.81. The van der Waals surface area contributed by atoms with Crippen molar-refractivity contribution in [3.63, 3.8) is 0 Å². The normalized spacial score (nSPS) is 11.5. The van der Waals surface area contributed by atoms with Crippen molar-refractivity contribution in [2.24, 2.45) is 0 Å². The fourth-order valence-electron chi connectivity index (χ4n) is 1.96. The predicted octanol–water partition coefficient (Wildman–Crippen LogP) is 4.63. The molecule has 2 rings (SSSR count). The largest absolute Gasteiger partial charge is 0.437 e. The molecule has 4 heteroatoms. The molecule has 1 aromatic carbocycles. The zero-order valence-corrected chi connectivity index (χ0v) is 13.5. The molecule has 0 bridgehead atoms. The summed E-state index contributed by atoms with van der Waals surface area (Å²) in [6, 6.07) is 7.76. The first-order valence-corrected chi connectivity index (χ1v) is 7.23. The van der Waals surface area contributed by atoms with Crippen molar-refractivity contribution >= 4 is 11.6 Å². The minimum absolute atomic E-state index is 0.0910. The Morgan fingerprint density at radius 1 is 1.24 bits per heavy atom. The summed E-state index contributed by atoms with van der Waals surface area (Å²) >= 11 is 6.12. The minimum Gasteiger partial charge on any atom is -0.437 e. The molecular weight excluding hydrogens is 286 g/mol. The lowest BCUT2D eigenvalue weighted by atomic mass is 9.86. The lowest BCUT2D eigenvalue weighted by Gasteiger charge is -2.20. The number of aromatic nitrogens is 1. The lowest BCUT2D eigenvalue weighted by molar-refractivity contribution is 0.281. The maximum Gasteiger partial charge on any atom is 0.238 e. The van der Waals surface area contributed by atoms with E-state index in [2.05, 4.69) is 37.9 Å². The molecule has 0 aliphatic carbocycles. The van der Waals surface area contributed by atoms with Gasteiger partial charge < -0.3 is 9.84 Å². The number of hydrogen-bond acceptors (Lipinski definition) is 3. The second-order valence-corrected chi connectivity index (χ2v) is 6.53. The zero-order chi connectivity index (χ0) is 15.6. The fraction of sp³-hybridized carbons (Fsp3) is 0.353.